The Morgan fingerprint density at radius 3 is 2.62 bits per heavy atom. The van der Waals surface area contributed by atoms with Crippen LogP contribution in [0.3, 0.4) is 0 Å². The minimum atomic E-state index is -2.95. The Kier molecular flexibility index (Phi) is 3.23. The standard InChI is InChI=1S/C4H7O2PS/c1-3-6-7(5,8)4-2/h2H,3H2,1H3,(H,5,8). The van der Waals surface area contributed by atoms with Crippen molar-refractivity contribution in [2.45, 2.75) is 6.92 Å². The van der Waals surface area contributed by atoms with Gasteiger partial charge in [0.25, 0.3) is 0 Å². The van der Waals surface area contributed by atoms with Gasteiger partial charge in [0.15, 0.2) is 0 Å². The van der Waals surface area contributed by atoms with Crippen LogP contribution in [0, 0.1) is 12.1 Å². The molecule has 0 bridgehead atoms. The first-order chi connectivity index (χ1) is 3.62. The molecule has 0 N–H and O–H groups in total. The van der Waals surface area contributed by atoms with Crippen molar-refractivity contribution in [1.29, 1.82) is 0 Å². The van der Waals surface area contributed by atoms with Crippen molar-refractivity contribution in [3.63, 3.8) is 0 Å². The Morgan fingerprint density at radius 1 is 2.00 bits per heavy atom. The predicted octanol–water partition coefficient (Wildman–Crippen LogP) is 1.74. The van der Waals surface area contributed by atoms with Gasteiger partial charge in [0, 0.05) is 0 Å². The van der Waals surface area contributed by atoms with Crippen molar-refractivity contribution < 1.29 is 9.09 Å². The van der Waals surface area contributed by atoms with E-state index < -0.39 is 6.57 Å². The summed E-state index contributed by atoms with van der Waals surface area (Å²) >= 11 is 3.56. The van der Waals surface area contributed by atoms with Crippen LogP contribution in [-0.2, 0) is 9.09 Å². The average molecular weight is 150 g/mol. The first-order valence-corrected chi connectivity index (χ1v) is 4.85. The third-order valence-corrected chi connectivity index (χ3v) is 2.09. The Labute approximate surface area is 54.2 Å². The molecule has 0 aliphatic carbocycles. The number of hydrogen-bond donors (Lipinski definition) is 1. The molecule has 0 aliphatic heterocycles. The van der Waals surface area contributed by atoms with Gasteiger partial charge in [-0.25, -0.2) is 0 Å². The minimum absolute atomic E-state index is 0.338. The van der Waals surface area contributed by atoms with Gasteiger partial charge in [-0.15, -0.1) is 6.42 Å². The SMILES string of the molecule is C#CP(=O)(S)OCC. The van der Waals surface area contributed by atoms with Crippen LogP contribution < -0.4 is 0 Å². The maximum Gasteiger partial charge on any atom is 0.326 e. The second-order valence-corrected chi connectivity index (χ2v) is 4.20. The Bertz CT molecular complexity index is 149. The molecule has 0 rings (SSSR count). The molecule has 46 valence electrons. The minimum Gasteiger partial charge on any atom is -0.313 e. The summed E-state index contributed by atoms with van der Waals surface area (Å²) in [6.45, 7) is -0.904. The van der Waals surface area contributed by atoms with E-state index in [1.54, 1.807) is 6.92 Å². The molecule has 1 atom stereocenters. The van der Waals surface area contributed by atoms with Crippen LogP contribution in [0.4, 0.5) is 0 Å². The zero-order valence-electron chi connectivity index (χ0n) is 4.50. The normalized spacial score (nSPS) is 16.6. The van der Waals surface area contributed by atoms with E-state index >= 15 is 0 Å². The summed E-state index contributed by atoms with van der Waals surface area (Å²) in [5, 5.41) is 0. The van der Waals surface area contributed by atoms with E-state index in [9.17, 15) is 4.57 Å². The quantitative estimate of drug-likeness (QED) is 0.368. The fourth-order valence-electron chi connectivity index (χ4n) is 0.212. The second kappa shape index (κ2) is 3.19. The lowest BCUT2D eigenvalue weighted by molar-refractivity contribution is 0.354. The predicted molar refractivity (Wildman–Crippen MR) is 37.1 cm³/mol. The number of terminal acetylenes is 1. The highest BCUT2D eigenvalue weighted by Gasteiger charge is 2.09. The smallest absolute Gasteiger partial charge is 0.313 e. The molecule has 0 aliphatic rings. The van der Waals surface area contributed by atoms with E-state index in [2.05, 4.69) is 16.8 Å². The number of thiol groups is 1. The highest BCUT2D eigenvalue weighted by atomic mass is 32.7. The molecule has 0 saturated heterocycles. The van der Waals surface area contributed by atoms with Gasteiger partial charge in [0.1, 0.15) is 0 Å². The van der Waals surface area contributed by atoms with E-state index in [0.717, 1.165) is 0 Å². The molecular weight excluding hydrogens is 143 g/mol. The van der Waals surface area contributed by atoms with Gasteiger partial charge >= 0.3 is 6.57 Å². The van der Waals surface area contributed by atoms with Gasteiger partial charge in [0.2, 0.25) is 0 Å². The zero-order chi connectivity index (χ0) is 6.62. The van der Waals surface area contributed by atoms with Crippen LogP contribution in [0.1, 0.15) is 6.92 Å². The highest BCUT2D eigenvalue weighted by molar-refractivity contribution is 8.48. The van der Waals surface area contributed by atoms with Gasteiger partial charge in [-0.2, -0.15) is 0 Å². The maximum absolute atomic E-state index is 10.6. The largest absolute Gasteiger partial charge is 0.326 e. The molecule has 1 unspecified atom stereocenters. The maximum atomic E-state index is 10.6. The summed E-state index contributed by atoms with van der Waals surface area (Å²) in [4.78, 5) is 0. The Hall–Kier alpha value is 0.1000. The monoisotopic (exact) mass is 150 g/mol. The van der Waals surface area contributed by atoms with E-state index in [-0.39, 0.29) is 0 Å². The number of hydrogen-bond acceptors (Lipinski definition) is 2. The molecule has 0 aromatic rings. The second-order valence-electron chi connectivity index (χ2n) is 1.07. The van der Waals surface area contributed by atoms with Crippen molar-refractivity contribution in [3.8, 4) is 12.1 Å². The average Bonchev–Trinajstić information content (AvgIpc) is 1.67. The van der Waals surface area contributed by atoms with Crippen LogP contribution >= 0.6 is 18.8 Å². The van der Waals surface area contributed by atoms with Crippen molar-refractivity contribution in [2.75, 3.05) is 6.61 Å². The van der Waals surface area contributed by atoms with Crippen LogP contribution in [0.5, 0.6) is 0 Å². The number of rotatable bonds is 2. The summed E-state index contributed by atoms with van der Waals surface area (Å²) in [6.07, 6.45) is 4.78. The van der Waals surface area contributed by atoms with E-state index in [1.807, 2.05) is 5.66 Å². The molecule has 4 heteroatoms. The molecule has 0 aromatic carbocycles. The Balaban J connectivity index is 3.79. The zero-order valence-corrected chi connectivity index (χ0v) is 6.28. The van der Waals surface area contributed by atoms with Crippen molar-refractivity contribution in [3.05, 3.63) is 0 Å². The van der Waals surface area contributed by atoms with Crippen LogP contribution in [0.15, 0.2) is 0 Å². The van der Waals surface area contributed by atoms with E-state index in [1.165, 1.54) is 0 Å². The van der Waals surface area contributed by atoms with Gasteiger partial charge in [-0.05, 0) is 12.6 Å². The van der Waals surface area contributed by atoms with E-state index in [0.29, 0.717) is 6.61 Å². The topological polar surface area (TPSA) is 26.3 Å². The van der Waals surface area contributed by atoms with Crippen LogP contribution in [0.2, 0.25) is 0 Å². The third kappa shape index (κ3) is 3.15. The fraction of sp³-hybridized carbons (Fsp3) is 0.500. The first-order valence-electron chi connectivity index (χ1n) is 2.07. The lowest BCUT2D eigenvalue weighted by atomic mass is 10.9. The molecular formula is C4H7O2PS. The third-order valence-electron chi connectivity index (χ3n) is 0.467. The summed E-state index contributed by atoms with van der Waals surface area (Å²) in [7, 11) is 0. The fourth-order valence-corrected chi connectivity index (χ4v) is 0.983. The molecule has 0 amide bonds. The summed E-state index contributed by atoms with van der Waals surface area (Å²) in [6, 6.07) is 0. The molecule has 0 aromatic heterocycles. The van der Waals surface area contributed by atoms with Gasteiger partial charge < -0.3 is 4.52 Å². The summed E-state index contributed by atoms with van der Waals surface area (Å²) < 4.78 is 15.2. The van der Waals surface area contributed by atoms with Crippen molar-refractivity contribution in [1.82, 2.24) is 0 Å². The lowest BCUT2D eigenvalue weighted by Crippen LogP contribution is -1.78. The molecule has 0 fully saturated rings. The van der Waals surface area contributed by atoms with Crippen molar-refractivity contribution >= 4 is 18.8 Å². The molecule has 8 heavy (non-hydrogen) atoms. The lowest BCUT2D eigenvalue weighted by Gasteiger charge is -2.00. The molecule has 2 nitrogen and oxygen atoms in total. The highest BCUT2D eigenvalue weighted by Crippen LogP contribution is 2.49. The van der Waals surface area contributed by atoms with E-state index in [4.69, 9.17) is 6.42 Å². The van der Waals surface area contributed by atoms with Gasteiger partial charge in [-0.1, -0.05) is 12.2 Å². The summed E-state index contributed by atoms with van der Waals surface area (Å²) in [5.41, 5.74) is 1.94. The molecule has 0 heterocycles. The van der Waals surface area contributed by atoms with Gasteiger partial charge in [-0.3, -0.25) is 4.57 Å². The summed E-state index contributed by atoms with van der Waals surface area (Å²) in [5.74, 6) is 0. The van der Waals surface area contributed by atoms with Gasteiger partial charge in [0.05, 0.1) is 6.61 Å². The molecule has 0 spiro atoms. The first kappa shape index (κ1) is 8.10. The molecule has 0 radical (unpaired) electrons. The molecule has 0 saturated carbocycles. The van der Waals surface area contributed by atoms with Crippen LogP contribution in [-0.4, -0.2) is 6.61 Å². The van der Waals surface area contributed by atoms with Crippen molar-refractivity contribution in [2.24, 2.45) is 0 Å². The van der Waals surface area contributed by atoms with Crippen LogP contribution in [0.25, 0.3) is 0 Å². The Morgan fingerprint density at radius 2 is 2.50 bits per heavy atom.